The Kier molecular flexibility index (Phi) is 6.85. The van der Waals surface area contributed by atoms with Crippen molar-refractivity contribution in [3.05, 3.63) is 53.9 Å². The van der Waals surface area contributed by atoms with E-state index in [4.69, 9.17) is 4.74 Å². The average molecular weight is 386 g/mol. The summed E-state index contributed by atoms with van der Waals surface area (Å²) in [6.45, 7) is 4.72. The lowest BCUT2D eigenvalue weighted by Crippen LogP contribution is -2.49. The molecule has 5 nitrogen and oxygen atoms in total. The highest BCUT2D eigenvalue weighted by atomic mass is 32.2. The molecule has 1 fully saturated rings. The Bertz CT molecular complexity index is 739. The minimum atomic E-state index is -0.490. The first kappa shape index (κ1) is 19.8. The molecule has 2 aromatic rings. The lowest BCUT2D eigenvalue weighted by molar-refractivity contribution is -0.159. The van der Waals surface area contributed by atoms with Crippen LogP contribution in [0.25, 0.3) is 0 Å². The van der Waals surface area contributed by atoms with E-state index in [9.17, 15) is 4.79 Å². The molecule has 0 spiro atoms. The molecule has 0 aliphatic carbocycles. The van der Waals surface area contributed by atoms with E-state index in [0.29, 0.717) is 19.6 Å². The smallest absolute Gasteiger partial charge is 0.313 e. The quantitative estimate of drug-likeness (QED) is 0.412. The molecule has 1 aliphatic heterocycles. The molecule has 0 bridgehead atoms. The van der Waals surface area contributed by atoms with Gasteiger partial charge in [0.25, 0.3) is 0 Å². The molecule has 144 valence electrons. The van der Waals surface area contributed by atoms with Crippen LogP contribution in [0.2, 0.25) is 0 Å². The highest BCUT2D eigenvalue weighted by Crippen LogP contribution is 2.36. The van der Waals surface area contributed by atoms with Crippen LogP contribution in [-0.4, -0.2) is 46.8 Å². The third-order valence-electron chi connectivity index (χ3n) is 5.02. The molecular formula is C21H27N3O2S. The number of ether oxygens (including phenoxy) is 1. The van der Waals surface area contributed by atoms with Crippen LogP contribution in [0.1, 0.15) is 30.9 Å². The Morgan fingerprint density at radius 3 is 2.63 bits per heavy atom. The number of hydrogen-bond donors (Lipinski definition) is 0. The normalized spacial score (nSPS) is 20.4. The number of benzene rings is 1. The van der Waals surface area contributed by atoms with Crippen LogP contribution in [0.3, 0.4) is 0 Å². The molecule has 6 heteroatoms. The predicted molar refractivity (Wildman–Crippen MR) is 108 cm³/mol. The van der Waals surface area contributed by atoms with Gasteiger partial charge in [0.05, 0.1) is 12.0 Å². The second-order valence-electron chi connectivity index (χ2n) is 7.06. The van der Waals surface area contributed by atoms with Crippen molar-refractivity contribution in [3.8, 4) is 0 Å². The van der Waals surface area contributed by atoms with Gasteiger partial charge in [0.15, 0.2) is 5.16 Å². The Balaban J connectivity index is 1.77. The summed E-state index contributed by atoms with van der Waals surface area (Å²) in [4.78, 5) is 24.0. The van der Waals surface area contributed by atoms with Crippen molar-refractivity contribution < 1.29 is 9.53 Å². The first-order valence-corrected chi connectivity index (χ1v) is 10.7. The molecule has 0 radical (unpaired) electrons. The maximum absolute atomic E-state index is 12.9. The summed E-state index contributed by atoms with van der Waals surface area (Å²) >= 11 is 1.54. The van der Waals surface area contributed by atoms with Crippen LogP contribution in [0.4, 0.5) is 0 Å². The highest BCUT2D eigenvalue weighted by molar-refractivity contribution is 7.98. The number of likely N-dealkylation sites (tertiary alicyclic amines) is 1. The summed E-state index contributed by atoms with van der Waals surface area (Å²) in [5.41, 5.74) is 1.77. The third-order valence-corrected chi connectivity index (χ3v) is 5.60. The molecule has 1 atom stereocenters. The van der Waals surface area contributed by atoms with Crippen LogP contribution >= 0.6 is 11.8 Å². The van der Waals surface area contributed by atoms with E-state index in [2.05, 4.69) is 27.0 Å². The van der Waals surface area contributed by atoms with Gasteiger partial charge in [-0.3, -0.25) is 9.69 Å². The fourth-order valence-electron chi connectivity index (χ4n) is 3.80. The second kappa shape index (κ2) is 9.33. The molecule has 0 unspecified atom stereocenters. The Morgan fingerprint density at radius 2 is 1.96 bits per heavy atom. The zero-order valence-corrected chi connectivity index (χ0v) is 16.9. The largest absolute Gasteiger partial charge is 0.466 e. The topological polar surface area (TPSA) is 55.3 Å². The number of rotatable bonds is 7. The number of hydrogen-bond acceptors (Lipinski definition) is 6. The van der Waals surface area contributed by atoms with Crippen LogP contribution < -0.4 is 0 Å². The van der Waals surface area contributed by atoms with Gasteiger partial charge in [-0.15, -0.1) is 0 Å². The van der Waals surface area contributed by atoms with E-state index in [-0.39, 0.29) is 5.97 Å². The number of aromatic nitrogens is 2. The Hall–Kier alpha value is -1.92. The van der Waals surface area contributed by atoms with Crippen molar-refractivity contribution in [3.63, 3.8) is 0 Å². The molecule has 1 aromatic carbocycles. The molecular weight excluding hydrogens is 358 g/mol. The van der Waals surface area contributed by atoms with Crippen molar-refractivity contribution in [1.29, 1.82) is 0 Å². The van der Waals surface area contributed by atoms with Gasteiger partial charge in [-0.25, -0.2) is 9.97 Å². The fourth-order valence-corrected chi connectivity index (χ4v) is 4.12. The Morgan fingerprint density at radius 1 is 1.22 bits per heavy atom. The minimum Gasteiger partial charge on any atom is -0.466 e. The van der Waals surface area contributed by atoms with Gasteiger partial charge in [0.2, 0.25) is 0 Å². The Labute approximate surface area is 165 Å². The molecule has 0 saturated carbocycles. The number of carbonyl (C=O) groups excluding carboxylic acids is 1. The fraction of sp³-hybridized carbons (Fsp3) is 0.476. The van der Waals surface area contributed by atoms with Gasteiger partial charge in [0.1, 0.15) is 0 Å². The van der Waals surface area contributed by atoms with E-state index >= 15 is 0 Å². The molecule has 0 N–H and O–H groups in total. The summed E-state index contributed by atoms with van der Waals surface area (Å²) in [7, 11) is 0. The molecule has 0 amide bonds. The summed E-state index contributed by atoms with van der Waals surface area (Å²) in [5.74, 6) is -0.0764. The van der Waals surface area contributed by atoms with Gasteiger partial charge >= 0.3 is 5.97 Å². The van der Waals surface area contributed by atoms with Crippen LogP contribution in [0.15, 0.2) is 47.9 Å². The highest BCUT2D eigenvalue weighted by Gasteiger charge is 2.43. The van der Waals surface area contributed by atoms with E-state index < -0.39 is 5.41 Å². The van der Waals surface area contributed by atoms with Crippen molar-refractivity contribution in [1.82, 2.24) is 14.9 Å². The lowest BCUT2D eigenvalue weighted by atomic mass is 9.75. The van der Waals surface area contributed by atoms with E-state index in [1.165, 1.54) is 17.3 Å². The van der Waals surface area contributed by atoms with Crippen LogP contribution in [-0.2, 0) is 22.5 Å². The van der Waals surface area contributed by atoms with Crippen molar-refractivity contribution >= 4 is 17.7 Å². The van der Waals surface area contributed by atoms with Crippen molar-refractivity contribution in [2.45, 2.75) is 37.9 Å². The minimum absolute atomic E-state index is 0.0764. The zero-order valence-electron chi connectivity index (χ0n) is 16.1. The van der Waals surface area contributed by atoms with Crippen LogP contribution in [0.5, 0.6) is 0 Å². The maximum Gasteiger partial charge on any atom is 0.313 e. The van der Waals surface area contributed by atoms with Crippen molar-refractivity contribution in [2.75, 3.05) is 26.0 Å². The lowest BCUT2D eigenvalue weighted by Gasteiger charge is -2.41. The molecule has 3 rings (SSSR count). The second-order valence-corrected chi connectivity index (χ2v) is 7.83. The van der Waals surface area contributed by atoms with E-state index in [1.54, 1.807) is 0 Å². The first-order valence-electron chi connectivity index (χ1n) is 9.43. The molecule has 1 aromatic heterocycles. The number of piperidine rings is 1. The van der Waals surface area contributed by atoms with Crippen LogP contribution in [0, 0.1) is 5.41 Å². The van der Waals surface area contributed by atoms with Gasteiger partial charge in [-0.05, 0) is 44.6 Å². The van der Waals surface area contributed by atoms with E-state index in [0.717, 1.165) is 36.7 Å². The average Bonchev–Trinajstić information content (AvgIpc) is 2.70. The van der Waals surface area contributed by atoms with E-state index in [1.807, 2.05) is 43.8 Å². The van der Waals surface area contributed by atoms with Crippen molar-refractivity contribution in [2.24, 2.45) is 5.41 Å². The van der Waals surface area contributed by atoms with Gasteiger partial charge in [-0.2, -0.15) is 0 Å². The molecule has 1 aliphatic rings. The standard InChI is InChI=1S/C21H27N3O2S/c1-3-26-19(25)21(12-17-8-5-4-6-9-17)10-7-11-24(16-21)15-18-13-22-20(27-2)23-14-18/h4-6,8-9,13-14H,3,7,10-12,15-16H2,1-2H3/t21-/m0/s1. The summed E-state index contributed by atoms with van der Waals surface area (Å²) in [5, 5.41) is 0.780. The number of nitrogens with zero attached hydrogens (tertiary/aromatic N) is 3. The molecule has 27 heavy (non-hydrogen) atoms. The number of esters is 1. The first-order chi connectivity index (χ1) is 13.1. The monoisotopic (exact) mass is 385 g/mol. The maximum atomic E-state index is 12.9. The predicted octanol–water partition coefficient (Wildman–Crippen LogP) is 3.59. The number of thioether (sulfide) groups is 1. The summed E-state index contributed by atoms with van der Waals surface area (Å²) in [6, 6.07) is 10.2. The SMILES string of the molecule is CCOC(=O)[C@]1(Cc2ccccc2)CCCN(Cc2cnc(SC)nc2)C1. The van der Waals surface area contributed by atoms with Gasteiger partial charge in [0, 0.05) is 31.0 Å². The summed E-state index contributed by atoms with van der Waals surface area (Å²) in [6.07, 6.45) is 8.30. The third kappa shape index (κ3) is 5.08. The molecule has 2 heterocycles. The number of carbonyl (C=O) groups is 1. The van der Waals surface area contributed by atoms with Gasteiger partial charge in [-0.1, -0.05) is 42.1 Å². The summed E-state index contributed by atoms with van der Waals surface area (Å²) < 4.78 is 5.49. The zero-order chi connectivity index (χ0) is 19.1. The van der Waals surface area contributed by atoms with Gasteiger partial charge < -0.3 is 4.74 Å². The molecule has 1 saturated heterocycles.